The molecule has 0 N–H and O–H groups in total. The first-order chi connectivity index (χ1) is 10.7. The summed E-state index contributed by atoms with van der Waals surface area (Å²) in [5.41, 5.74) is 0. The van der Waals surface area contributed by atoms with Crippen molar-refractivity contribution < 1.29 is 4.57 Å². The van der Waals surface area contributed by atoms with Gasteiger partial charge >= 0.3 is 0 Å². The van der Waals surface area contributed by atoms with Crippen LogP contribution in [0.1, 0.15) is 19.8 Å². The molecule has 3 heteroatoms. The first-order valence-electron chi connectivity index (χ1n) is 8.11. The van der Waals surface area contributed by atoms with Gasteiger partial charge in [0.15, 0.2) is 7.14 Å². The van der Waals surface area contributed by atoms with Gasteiger partial charge in [-0.25, -0.2) is 0 Å². The van der Waals surface area contributed by atoms with Gasteiger partial charge in [0, 0.05) is 17.2 Å². The normalized spacial score (nSPS) is 20.0. The molecule has 0 radical (unpaired) electrons. The van der Waals surface area contributed by atoms with Gasteiger partial charge in [-0.2, -0.15) is 0 Å². The Balaban J connectivity index is 1.95. The molecule has 0 amide bonds. The standard InChI is InChI=1S/C19H24NOP/c1-17-9-8-14-20(15-17)16-22(21,18-10-4-2-5-11-18)19-12-6-3-7-13-19/h2-7,10-13,17H,8-9,14-16H2,1H3/t17-/m1/s1. The van der Waals surface area contributed by atoms with Crippen LogP contribution in [0, 0.1) is 5.92 Å². The third-order valence-electron chi connectivity index (χ3n) is 4.49. The molecule has 3 rings (SSSR count). The second kappa shape index (κ2) is 6.81. The molecule has 0 saturated carbocycles. The van der Waals surface area contributed by atoms with Gasteiger partial charge in [-0.05, 0) is 25.3 Å². The maximum atomic E-state index is 13.9. The van der Waals surface area contributed by atoms with E-state index in [-0.39, 0.29) is 0 Å². The van der Waals surface area contributed by atoms with Crippen LogP contribution in [0.3, 0.4) is 0 Å². The molecule has 22 heavy (non-hydrogen) atoms. The number of piperidine rings is 1. The molecular formula is C19H24NOP. The lowest BCUT2D eigenvalue weighted by Gasteiger charge is -2.34. The van der Waals surface area contributed by atoms with Crippen molar-refractivity contribution in [3.05, 3.63) is 60.7 Å². The predicted octanol–water partition coefficient (Wildman–Crippen LogP) is 3.69. The minimum absolute atomic E-state index is 0.658. The molecule has 116 valence electrons. The summed E-state index contributed by atoms with van der Waals surface area (Å²) in [5.74, 6) is 0.703. The molecule has 0 unspecified atom stereocenters. The van der Waals surface area contributed by atoms with Crippen molar-refractivity contribution in [1.29, 1.82) is 0 Å². The molecule has 0 spiro atoms. The number of benzene rings is 2. The summed E-state index contributed by atoms with van der Waals surface area (Å²) < 4.78 is 13.9. The van der Waals surface area contributed by atoms with Crippen LogP contribution in [0.15, 0.2) is 60.7 Å². The molecule has 2 aromatic carbocycles. The second-order valence-electron chi connectivity index (χ2n) is 6.38. The van der Waals surface area contributed by atoms with Crippen molar-refractivity contribution in [2.75, 3.05) is 19.4 Å². The SMILES string of the molecule is C[C@@H]1CCCN(CP(=O)(c2ccccc2)c2ccccc2)C1. The average Bonchev–Trinajstić information content (AvgIpc) is 2.56. The topological polar surface area (TPSA) is 20.3 Å². The summed E-state index contributed by atoms with van der Waals surface area (Å²) in [5, 5.41) is 1.94. The van der Waals surface area contributed by atoms with Crippen LogP contribution in [0.5, 0.6) is 0 Å². The highest BCUT2D eigenvalue weighted by Crippen LogP contribution is 2.44. The molecular weight excluding hydrogens is 289 g/mol. The quantitative estimate of drug-likeness (QED) is 0.802. The van der Waals surface area contributed by atoms with E-state index in [1.54, 1.807) is 0 Å². The number of nitrogens with zero attached hydrogens (tertiary/aromatic N) is 1. The van der Waals surface area contributed by atoms with Crippen LogP contribution >= 0.6 is 7.14 Å². The van der Waals surface area contributed by atoms with E-state index in [0.717, 1.165) is 23.7 Å². The van der Waals surface area contributed by atoms with Gasteiger partial charge in [-0.3, -0.25) is 4.90 Å². The van der Waals surface area contributed by atoms with Gasteiger partial charge in [0.05, 0.1) is 6.29 Å². The molecule has 2 nitrogen and oxygen atoms in total. The van der Waals surface area contributed by atoms with Gasteiger partial charge in [0.2, 0.25) is 0 Å². The number of hydrogen-bond acceptors (Lipinski definition) is 2. The molecule has 1 fully saturated rings. The second-order valence-corrected chi connectivity index (χ2v) is 9.17. The fourth-order valence-electron chi connectivity index (χ4n) is 3.35. The Morgan fingerprint density at radius 1 is 1.00 bits per heavy atom. The van der Waals surface area contributed by atoms with E-state index in [4.69, 9.17) is 0 Å². The fourth-order valence-corrected chi connectivity index (χ4v) is 6.10. The van der Waals surface area contributed by atoms with Crippen LogP contribution < -0.4 is 10.6 Å². The molecule has 0 aliphatic carbocycles. The average molecular weight is 313 g/mol. The monoisotopic (exact) mass is 313 g/mol. The highest BCUT2D eigenvalue weighted by atomic mass is 31.2. The van der Waals surface area contributed by atoms with E-state index in [1.165, 1.54) is 12.8 Å². The van der Waals surface area contributed by atoms with Crippen LogP contribution in [-0.4, -0.2) is 24.3 Å². The lowest BCUT2D eigenvalue weighted by Crippen LogP contribution is -2.37. The van der Waals surface area contributed by atoms with Crippen LogP contribution in [0.2, 0.25) is 0 Å². The Kier molecular flexibility index (Phi) is 4.81. The third-order valence-corrected chi connectivity index (χ3v) is 7.55. The summed E-state index contributed by atoms with van der Waals surface area (Å²) >= 11 is 0. The van der Waals surface area contributed by atoms with Crippen molar-refractivity contribution in [3.8, 4) is 0 Å². The zero-order chi connectivity index (χ0) is 15.4. The smallest absolute Gasteiger partial charge is 0.156 e. The number of likely N-dealkylation sites (tertiary alicyclic amines) is 1. The zero-order valence-corrected chi connectivity index (χ0v) is 14.1. The van der Waals surface area contributed by atoms with Crippen LogP contribution in [-0.2, 0) is 4.57 Å². The Labute approximate surface area is 133 Å². The van der Waals surface area contributed by atoms with Crippen molar-refractivity contribution in [3.63, 3.8) is 0 Å². The Hall–Kier alpha value is -1.37. The highest BCUT2D eigenvalue weighted by Gasteiger charge is 2.31. The molecule has 0 bridgehead atoms. The Bertz CT molecular complexity index is 597. The zero-order valence-electron chi connectivity index (χ0n) is 13.2. The molecule has 1 aliphatic heterocycles. The largest absolute Gasteiger partial charge is 0.312 e. The lowest BCUT2D eigenvalue weighted by atomic mass is 10.0. The summed E-state index contributed by atoms with van der Waals surface area (Å²) in [6, 6.07) is 20.0. The van der Waals surface area contributed by atoms with Gasteiger partial charge < -0.3 is 4.57 Å². The molecule has 0 aromatic heterocycles. The lowest BCUT2D eigenvalue weighted by molar-refractivity contribution is 0.210. The van der Waals surface area contributed by atoms with Crippen LogP contribution in [0.4, 0.5) is 0 Å². The maximum Gasteiger partial charge on any atom is 0.156 e. The molecule has 1 saturated heterocycles. The fraction of sp³-hybridized carbons (Fsp3) is 0.368. The van der Waals surface area contributed by atoms with Gasteiger partial charge in [0.25, 0.3) is 0 Å². The summed E-state index contributed by atoms with van der Waals surface area (Å²) in [4.78, 5) is 2.40. The van der Waals surface area contributed by atoms with Gasteiger partial charge in [0.1, 0.15) is 0 Å². The minimum atomic E-state index is -2.59. The number of hydrogen-bond donors (Lipinski definition) is 0. The van der Waals surface area contributed by atoms with E-state index in [2.05, 4.69) is 11.8 Å². The van der Waals surface area contributed by atoms with Crippen molar-refractivity contribution in [2.45, 2.75) is 19.8 Å². The van der Waals surface area contributed by atoms with Gasteiger partial charge in [-0.15, -0.1) is 0 Å². The summed E-state index contributed by atoms with van der Waals surface area (Å²) in [6.45, 7) is 4.42. The minimum Gasteiger partial charge on any atom is -0.312 e. The van der Waals surface area contributed by atoms with E-state index in [0.29, 0.717) is 12.2 Å². The van der Waals surface area contributed by atoms with Crippen molar-refractivity contribution >= 4 is 17.8 Å². The first kappa shape index (κ1) is 15.5. The molecule has 1 heterocycles. The predicted molar refractivity (Wildman–Crippen MR) is 94.6 cm³/mol. The highest BCUT2D eigenvalue weighted by molar-refractivity contribution is 7.78. The Morgan fingerprint density at radius 3 is 2.05 bits per heavy atom. The van der Waals surface area contributed by atoms with E-state index in [9.17, 15) is 4.57 Å². The van der Waals surface area contributed by atoms with E-state index >= 15 is 0 Å². The maximum absolute atomic E-state index is 13.9. The van der Waals surface area contributed by atoms with Crippen molar-refractivity contribution in [2.24, 2.45) is 5.92 Å². The van der Waals surface area contributed by atoms with E-state index < -0.39 is 7.14 Å². The molecule has 1 aliphatic rings. The first-order valence-corrected chi connectivity index (χ1v) is 10.0. The Morgan fingerprint density at radius 2 is 1.55 bits per heavy atom. The van der Waals surface area contributed by atoms with Crippen molar-refractivity contribution in [1.82, 2.24) is 4.90 Å². The van der Waals surface area contributed by atoms with Gasteiger partial charge in [-0.1, -0.05) is 67.6 Å². The van der Waals surface area contributed by atoms with Crippen LogP contribution in [0.25, 0.3) is 0 Å². The third kappa shape index (κ3) is 3.34. The molecule has 1 atom stereocenters. The van der Waals surface area contributed by atoms with E-state index in [1.807, 2.05) is 60.7 Å². The number of rotatable bonds is 4. The molecule has 2 aromatic rings. The summed E-state index contributed by atoms with van der Waals surface area (Å²) in [7, 11) is -2.59. The summed E-state index contributed by atoms with van der Waals surface area (Å²) in [6.07, 6.45) is 3.16.